The molecule has 1 unspecified atom stereocenters. The van der Waals surface area contributed by atoms with Crippen molar-refractivity contribution in [2.75, 3.05) is 26.7 Å². The lowest BCUT2D eigenvalue weighted by Gasteiger charge is -2.16. The SMILES string of the molecule is CCNC(C)c1ccnc(OCCN(C)C2CC2)c1. The van der Waals surface area contributed by atoms with Crippen LogP contribution in [0.4, 0.5) is 0 Å². The first-order valence-electron chi connectivity index (χ1n) is 7.23. The number of likely N-dealkylation sites (N-methyl/N-ethyl adjacent to an activating group) is 1. The van der Waals surface area contributed by atoms with Crippen molar-refractivity contribution in [2.24, 2.45) is 0 Å². The third kappa shape index (κ3) is 4.48. The highest BCUT2D eigenvalue weighted by molar-refractivity contribution is 5.23. The topological polar surface area (TPSA) is 37.4 Å². The number of nitrogens with one attached hydrogen (secondary N) is 1. The quantitative estimate of drug-likeness (QED) is 0.780. The molecule has 1 aromatic rings. The van der Waals surface area contributed by atoms with Gasteiger partial charge >= 0.3 is 0 Å². The molecule has 0 spiro atoms. The van der Waals surface area contributed by atoms with Gasteiger partial charge in [-0.15, -0.1) is 0 Å². The Balaban J connectivity index is 1.80. The zero-order valence-electron chi connectivity index (χ0n) is 12.2. The molecule has 4 nitrogen and oxygen atoms in total. The fourth-order valence-corrected chi connectivity index (χ4v) is 2.19. The molecule has 1 aromatic heterocycles. The van der Waals surface area contributed by atoms with E-state index in [1.807, 2.05) is 18.3 Å². The summed E-state index contributed by atoms with van der Waals surface area (Å²) >= 11 is 0. The molecule has 1 N–H and O–H groups in total. The second kappa shape index (κ2) is 6.87. The molecule has 4 heteroatoms. The van der Waals surface area contributed by atoms with Gasteiger partial charge in [0.1, 0.15) is 6.61 Å². The Morgan fingerprint density at radius 3 is 3.00 bits per heavy atom. The molecule has 0 amide bonds. The van der Waals surface area contributed by atoms with Crippen LogP contribution in [0.5, 0.6) is 5.88 Å². The monoisotopic (exact) mass is 263 g/mol. The van der Waals surface area contributed by atoms with E-state index in [2.05, 4.69) is 36.1 Å². The van der Waals surface area contributed by atoms with Crippen LogP contribution in [0, 0.1) is 0 Å². The van der Waals surface area contributed by atoms with Gasteiger partial charge in [-0.2, -0.15) is 0 Å². The molecule has 0 aliphatic heterocycles. The van der Waals surface area contributed by atoms with Crippen LogP contribution in [0.25, 0.3) is 0 Å². The van der Waals surface area contributed by atoms with Crippen molar-refractivity contribution in [3.05, 3.63) is 23.9 Å². The minimum atomic E-state index is 0.337. The van der Waals surface area contributed by atoms with E-state index in [9.17, 15) is 0 Å². The third-order valence-electron chi connectivity index (χ3n) is 3.63. The summed E-state index contributed by atoms with van der Waals surface area (Å²) in [5.41, 5.74) is 1.22. The Kier molecular flexibility index (Phi) is 5.16. The second-order valence-corrected chi connectivity index (χ2v) is 5.27. The molecule has 0 bridgehead atoms. The zero-order chi connectivity index (χ0) is 13.7. The molecular weight excluding hydrogens is 238 g/mol. The van der Waals surface area contributed by atoms with Crippen LogP contribution in [0.3, 0.4) is 0 Å². The van der Waals surface area contributed by atoms with Crippen molar-refractivity contribution in [1.29, 1.82) is 0 Å². The van der Waals surface area contributed by atoms with Crippen molar-refractivity contribution < 1.29 is 4.74 Å². The predicted octanol–water partition coefficient (Wildman–Crippen LogP) is 2.23. The molecule has 1 aliphatic rings. The molecule has 106 valence electrons. The summed E-state index contributed by atoms with van der Waals surface area (Å²) in [7, 11) is 2.16. The van der Waals surface area contributed by atoms with E-state index in [0.29, 0.717) is 12.6 Å². The molecule has 0 saturated heterocycles. The predicted molar refractivity (Wildman–Crippen MR) is 77.5 cm³/mol. The lowest BCUT2D eigenvalue weighted by Crippen LogP contribution is -2.26. The number of pyridine rings is 1. The van der Waals surface area contributed by atoms with E-state index < -0.39 is 0 Å². The summed E-state index contributed by atoms with van der Waals surface area (Å²) in [5.74, 6) is 0.728. The van der Waals surface area contributed by atoms with E-state index in [1.54, 1.807) is 0 Å². The summed E-state index contributed by atoms with van der Waals surface area (Å²) in [4.78, 5) is 6.64. The average Bonchev–Trinajstić information content (AvgIpc) is 3.23. The van der Waals surface area contributed by atoms with E-state index in [1.165, 1.54) is 18.4 Å². The average molecular weight is 263 g/mol. The van der Waals surface area contributed by atoms with Crippen molar-refractivity contribution in [3.8, 4) is 5.88 Å². The van der Waals surface area contributed by atoms with E-state index in [-0.39, 0.29) is 0 Å². The highest BCUT2D eigenvalue weighted by Gasteiger charge is 2.25. The molecule has 1 saturated carbocycles. The molecule has 2 rings (SSSR count). The zero-order valence-corrected chi connectivity index (χ0v) is 12.2. The fraction of sp³-hybridized carbons (Fsp3) is 0.667. The minimum absolute atomic E-state index is 0.337. The van der Waals surface area contributed by atoms with Gasteiger partial charge in [0, 0.05) is 30.9 Å². The number of nitrogens with zero attached hydrogens (tertiary/aromatic N) is 2. The molecule has 1 fully saturated rings. The first-order chi connectivity index (χ1) is 9.20. The van der Waals surface area contributed by atoms with E-state index in [4.69, 9.17) is 4.74 Å². The second-order valence-electron chi connectivity index (χ2n) is 5.27. The van der Waals surface area contributed by atoms with Gasteiger partial charge < -0.3 is 15.0 Å². The van der Waals surface area contributed by atoms with Gasteiger partial charge in [0.15, 0.2) is 0 Å². The summed E-state index contributed by atoms with van der Waals surface area (Å²) in [5, 5.41) is 3.39. The number of ether oxygens (including phenoxy) is 1. The maximum absolute atomic E-state index is 5.74. The van der Waals surface area contributed by atoms with E-state index in [0.717, 1.165) is 25.0 Å². The normalized spacial score (nSPS) is 16.6. The Morgan fingerprint density at radius 2 is 2.32 bits per heavy atom. The third-order valence-corrected chi connectivity index (χ3v) is 3.63. The van der Waals surface area contributed by atoms with Crippen LogP contribution < -0.4 is 10.1 Å². The standard InChI is InChI=1S/C15H25N3O/c1-4-16-12(2)13-7-8-17-15(11-13)19-10-9-18(3)14-5-6-14/h7-8,11-12,14,16H,4-6,9-10H2,1-3H3. The molecular formula is C15H25N3O. The van der Waals surface area contributed by atoms with Gasteiger partial charge in [-0.25, -0.2) is 4.98 Å². The lowest BCUT2D eigenvalue weighted by atomic mass is 10.1. The summed E-state index contributed by atoms with van der Waals surface area (Å²) in [6.45, 7) is 6.91. The highest BCUT2D eigenvalue weighted by Crippen LogP contribution is 2.24. The molecule has 1 atom stereocenters. The van der Waals surface area contributed by atoms with Crippen LogP contribution >= 0.6 is 0 Å². The number of aromatic nitrogens is 1. The lowest BCUT2D eigenvalue weighted by molar-refractivity contribution is 0.226. The van der Waals surface area contributed by atoms with Crippen LogP contribution in [0.2, 0.25) is 0 Å². The molecule has 1 aliphatic carbocycles. The van der Waals surface area contributed by atoms with Crippen molar-refractivity contribution in [1.82, 2.24) is 15.2 Å². The Bertz CT molecular complexity index is 393. The molecule has 0 aromatic carbocycles. The Morgan fingerprint density at radius 1 is 1.53 bits per heavy atom. The maximum Gasteiger partial charge on any atom is 0.213 e. The van der Waals surface area contributed by atoms with Gasteiger partial charge in [0.2, 0.25) is 5.88 Å². The maximum atomic E-state index is 5.74. The van der Waals surface area contributed by atoms with Gasteiger partial charge in [-0.05, 0) is 45.0 Å². The van der Waals surface area contributed by atoms with Crippen molar-refractivity contribution >= 4 is 0 Å². The highest BCUT2D eigenvalue weighted by atomic mass is 16.5. The largest absolute Gasteiger partial charge is 0.476 e. The molecule has 19 heavy (non-hydrogen) atoms. The number of rotatable bonds is 8. The van der Waals surface area contributed by atoms with Crippen LogP contribution in [-0.4, -0.2) is 42.7 Å². The summed E-state index contributed by atoms with van der Waals surface area (Å²) < 4.78 is 5.74. The van der Waals surface area contributed by atoms with Crippen molar-refractivity contribution in [3.63, 3.8) is 0 Å². The fourth-order valence-electron chi connectivity index (χ4n) is 2.19. The van der Waals surface area contributed by atoms with Gasteiger partial charge in [0.05, 0.1) is 0 Å². The van der Waals surface area contributed by atoms with Crippen LogP contribution in [-0.2, 0) is 0 Å². The molecule has 1 heterocycles. The first-order valence-corrected chi connectivity index (χ1v) is 7.23. The number of hydrogen-bond donors (Lipinski definition) is 1. The van der Waals surface area contributed by atoms with Crippen LogP contribution in [0.1, 0.15) is 38.3 Å². The van der Waals surface area contributed by atoms with Crippen LogP contribution in [0.15, 0.2) is 18.3 Å². The minimum Gasteiger partial charge on any atom is -0.476 e. The van der Waals surface area contributed by atoms with Gasteiger partial charge in [-0.3, -0.25) is 0 Å². The molecule has 0 radical (unpaired) electrons. The van der Waals surface area contributed by atoms with Gasteiger partial charge in [0.25, 0.3) is 0 Å². The van der Waals surface area contributed by atoms with E-state index >= 15 is 0 Å². The summed E-state index contributed by atoms with van der Waals surface area (Å²) in [6.07, 6.45) is 4.50. The Labute approximate surface area is 116 Å². The van der Waals surface area contributed by atoms with Gasteiger partial charge in [-0.1, -0.05) is 6.92 Å². The Hall–Kier alpha value is -1.13. The number of hydrogen-bond acceptors (Lipinski definition) is 4. The first kappa shape index (κ1) is 14.3. The van der Waals surface area contributed by atoms with Crippen molar-refractivity contribution in [2.45, 2.75) is 38.8 Å². The summed E-state index contributed by atoms with van der Waals surface area (Å²) in [6, 6.07) is 5.20. The smallest absolute Gasteiger partial charge is 0.213 e.